The summed E-state index contributed by atoms with van der Waals surface area (Å²) in [5, 5.41) is 3.19. The maximum Gasteiger partial charge on any atom is 0.0790 e. The maximum absolute atomic E-state index is 5.52. The van der Waals surface area contributed by atoms with Gasteiger partial charge >= 0.3 is 0 Å². The summed E-state index contributed by atoms with van der Waals surface area (Å²) in [6.07, 6.45) is 5.67. The Balaban J connectivity index is 1.57. The van der Waals surface area contributed by atoms with Gasteiger partial charge in [-0.2, -0.15) is 5.48 Å². The van der Waals surface area contributed by atoms with Crippen LogP contribution in [0, 0.1) is 0 Å². The van der Waals surface area contributed by atoms with E-state index in [9.17, 15) is 0 Å². The molecule has 64 valence electrons. The van der Waals surface area contributed by atoms with E-state index in [2.05, 4.69) is 10.8 Å². The summed E-state index contributed by atoms with van der Waals surface area (Å²) in [6.45, 7) is 2.12. The molecule has 3 nitrogen and oxygen atoms in total. The van der Waals surface area contributed by atoms with Gasteiger partial charge in [0.2, 0.25) is 0 Å². The molecule has 1 aliphatic heterocycles. The Hall–Kier alpha value is -0.120. The third-order valence-electron chi connectivity index (χ3n) is 2.49. The lowest BCUT2D eigenvalue weighted by molar-refractivity contribution is -0.0486. The smallest absolute Gasteiger partial charge is 0.0790 e. The first kappa shape index (κ1) is 7.53. The number of hydroxylamine groups is 1. The van der Waals surface area contributed by atoms with Crippen LogP contribution in [0.3, 0.4) is 0 Å². The summed E-state index contributed by atoms with van der Waals surface area (Å²) in [5.74, 6) is 0. The fraction of sp³-hybridized carbons (Fsp3) is 1.00. The molecular weight excluding hydrogens is 140 g/mol. The van der Waals surface area contributed by atoms with E-state index in [0.717, 1.165) is 13.1 Å². The van der Waals surface area contributed by atoms with Gasteiger partial charge in [0.05, 0.1) is 12.1 Å². The average molecular weight is 156 g/mol. The van der Waals surface area contributed by atoms with Crippen LogP contribution in [-0.2, 0) is 4.84 Å². The van der Waals surface area contributed by atoms with Crippen LogP contribution in [0.4, 0.5) is 0 Å². The first-order valence-corrected chi connectivity index (χ1v) is 4.57. The molecule has 2 N–H and O–H groups in total. The summed E-state index contributed by atoms with van der Waals surface area (Å²) < 4.78 is 0. The minimum Gasteiger partial charge on any atom is -0.313 e. The second-order valence-electron chi connectivity index (χ2n) is 3.50. The van der Waals surface area contributed by atoms with E-state index >= 15 is 0 Å². The minimum atomic E-state index is 0.496. The van der Waals surface area contributed by atoms with Crippen molar-refractivity contribution in [2.75, 3.05) is 13.1 Å². The third kappa shape index (κ3) is 1.92. The molecule has 1 aliphatic carbocycles. The molecule has 1 saturated carbocycles. The van der Waals surface area contributed by atoms with Gasteiger partial charge in [0, 0.05) is 13.1 Å². The molecule has 1 saturated heterocycles. The summed E-state index contributed by atoms with van der Waals surface area (Å²) >= 11 is 0. The summed E-state index contributed by atoms with van der Waals surface area (Å²) in [7, 11) is 0. The van der Waals surface area contributed by atoms with Gasteiger partial charge in [0.25, 0.3) is 0 Å². The highest BCUT2D eigenvalue weighted by atomic mass is 16.7. The highest BCUT2D eigenvalue weighted by Gasteiger charge is 2.20. The van der Waals surface area contributed by atoms with Crippen molar-refractivity contribution in [3.8, 4) is 0 Å². The number of nitrogens with one attached hydrogen (secondary N) is 2. The highest BCUT2D eigenvalue weighted by Crippen LogP contribution is 2.20. The molecule has 0 amide bonds. The second kappa shape index (κ2) is 3.52. The zero-order valence-electron chi connectivity index (χ0n) is 6.81. The Labute approximate surface area is 67.4 Å². The van der Waals surface area contributed by atoms with E-state index in [0.29, 0.717) is 12.1 Å². The SMILES string of the molecule is C1CCC(ONC2CNC2)C1. The van der Waals surface area contributed by atoms with E-state index in [4.69, 9.17) is 4.84 Å². The summed E-state index contributed by atoms with van der Waals surface area (Å²) in [6, 6.07) is 0.565. The van der Waals surface area contributed by atoms with Crippen LogP contribution in [0.25, 0.3) is 0 Å². The van der Waals surface area contributed by atoms with Gasteiger partial charge in [0.1, 0.15) is 0 Å². The van der Waals surface area contributed by atoms with Gasteiger partial charge in [-0.15, -0.1) is 0 Å². The molecule has 0 radical (unpaired) electrons. The van der Waals surface area contributed by atoms with Crippen molar-refractivity contribution in [1.29, 1.82) is 0 Å². The first-order chi connectivity index (χ1) is 5.45. The predicted octanol–water partition coefficient (Wildman–Crippen LogP) is 0.422. The van der Waals surface area contributed by atoms with Crippen LogP contribution in [-0.4, -0.2) is 25.2 Å². The Morgan fingerprint density at radius 2 is 1.91 bits per heavy atom. The molecule has 0 bridgehead atoms. The fourth-order valence-corrected chi connectivity index (χ4v) is 1.57. The number of hydrogen-bond acceptors (Lipinski definition) is 3. The van der Waals surface area contributed by atoms with Crippen LogP contribution in [0.5, 0.6) is 0 Å². The van der Waals surface area contributed by atoms with Crippen molar-refractivity contribution in [2.24, 2.45) is 0 Å². The Morgan fingerprint density at radius 1 is 1.18 bits per heavy atom. The van der Waals surface area contributed by atoms with E-state index in [-0.39, 0.29) is 0 Å². The maximum atomic E-state index is 5.52. The standard InChI is InChI=1S/C8H16N2O/c1-2-4-8(3-1)11-10-7-5-9-6-7/h7-10H,1-6H2. The number of rotatable bonds is 3. The third-order valence-corrected chi connectivity index (χ3v) is 2.49. The lowest BCUT2D eigenvalue weighted by Crippen LogP contribution is -2.55. The molecule has 2 fully saturated rings. The van der Waals surface area contributed by atoms with Crippen molar-refractivity contribution in [3.63, 3.8) is 0 Å². The minimum absolute atomic E-state index is 0.496. The van der Waals surface area contributed by atoms with Crippen molar-refractivity contribution >= 4 is 0 Å². The second-order valence-corrected chi connectivity index (χ2v) is 3.50. The van der Waals surface area contributed by atoms with Crippen molar-refractivity contribution in [3.05, 3.63) is 0 Å². The van der Waals surface area contributed by atoms with Gasteiger partial charge in [-0.1, -0.05) is 12.8 Å². The first-order valence-electron chi connectivity index (χ1n) is 4.57. The molecule has 2 rings (SSSR count). The van der Waals surface area contributed by atoms with Crippen molar-refractivity contribution < 1.29 is 4.84 Å². The van der Waals surface area contributed by atoms with E-state index in [1.54, 1.807) is 0 Å². The van der Waals surface area contributed by atoms with Gasteiger partial charge in [0.15, 0.2) is 0 Å². The predicted molar refractivity (Wildman–Crippen MR) is 43.1 cm³/mol. The largest absolute Gasteiger partial charge is 0.313 e. The zero-order chi connectivity index (χ0) is 7.52. The van der Waals surface area contributed by atoms with Gasteiger partial charge in [-0.05, 0) is 12.8 Å². The van der Waals surface area contributed by atoms with Crippen LogP contribution in [0.1, 0.15) is 25.7 Å². The Bertz CT molecular complexity index is 119. The Kier molecular flexibility index (Phi) is 2.41. The van der Waals surface area contributed by atoms with Crippen LogP contribution in [0.15, 0.2) is 0 Å². The summed E-state index contributed by atoms with van der Waals surface area (Å²) in [5.41, 5.74) is 3.10. The normalized spacial score (nSPS) is 27.3. The molecule has 2 aliphatic rings. The quantitative estimate of drug-likeness (QED) is 0.581. The van der Waals surface area contributed by atoms with Gasteiger partial charge < -0.3 is 5.32 Å². The highest BCUT2D eigenvalue weighted by molar-refractivity contribution is 4.78. The molecule has 1 heterocycles. The molecular formula is C8H16N2O. The van der Waals surface area contributed by atoms with E-state index in [1.165, 1.54) is 25.7 Å². The zero-order valence-corrected chi connectivity index (χ0v) is 6.81. The fourth-order valence-electron chi connectivity index (χ4n) is 1.57. The topological polar surface area (TPSA) is 33.3 Å². The molecule has 11 heavy (non-hydrogen) atoms. The van der Waals surface area contributed by atoms with Gasteiger partial charge in [-0.3, -0.25) is 4.84 Å². The summed E-state index contributed by atoms with van der Waals surface area (Å²) in [4.78, 5) is 5.52. The van der Waals surface area contributed by atoms with Crippen molar-refractivity contribution in [1.82, 2.24) is 10.8 Å². The number of hydrogen-bond donors (Lipinski definition) is 2. The van der Waals surface area contributed by atoms with Gasteiger partial charge in [-0.25, -0.2) is 0 Å². The molecule has 0 spiro atoms. The van der Waals surface area contributed by atoms with E-state index in [1.807, 2.05) is 0 Å². The van der Waals surface area contributed by atoms with Crippen molar-refractivity contribution in [2.45, 2.75) is 37.8 Å². The lowest BCUT2D eigenvalue weighted by atomic mass is 10.2. The van der Waals surface area contributed by atoms with E-state index < -0.39 is 0 Å². The molecule has 0 aromatic rings. The Morgan fingerprint density at radius 3 is 2.45 bits per heavy atom. The molecule has 0 unspecified atom stereocenters. The van der Waals surface area contributed by atoms with Crippen LogP contribution < -0.4 is 10.8 Å². The molecule has 0 aromatic carbocycles. The van der Waals surface area contributed by atoms with Crippen LogP contribution in [0.2, 0.25) is 0 Å². The van der Waals surface area contributed by atoms with Crippen LogP contribution >= 0.6 is 0 Å². The molecule has 3 heteroatoms. The monoisotopic (exact) mass is 156 g/mol. The molecule has 0 aromatic heterocycles. The lowest BCUT2D eigenvalue weighted by Gasteiger charge is -2.28. The molecule has 0 atom stereocenters. The average Bonchev–Trinajstić information content (AvgIpc) is 2.36.